The van der Waals surface area contributed by atoms with E-state index < -0.39 is 6.04 Å². The zero-order valence-corrected chi connectivity index (χ0v) is 16.6. The molecule has 1 N–H and O–H groups in total. The molecule has 0 saturated carbocycles. The third-order valence-electron chi connectivity index (χ3n) is 4.71. The number of amides is 1. The normalized spacial score (nSPS) is 12.3. The zero-order valence-electron chi connectivity index (χ0n) is 16.6. The van der Waals surface area contributed by atoms with Crippen LogP contribution in [0.25, 0.3) is 16.7 Å². The van der Waals surface area contributed by atoms with Gasteiger partial charge in [0.25, 0.3) is 5.91 Å². The van der Waals surface area contributed by atoms with E-state index in [-0.39, 0.29) is 12.5 Å². The SMILES string of the molecule is COc1ccccc1OCC(=O)N[C@@H](C)c1nc2c3c(C)c(C)oc3ncn2n1. The molecule has 0 fully saturated rings. The zero-order chi connectivity index (χ0) is 20.5. The Morgan fingerprint density at radius 2 is 2.03 bits per heavy atom. The third-order valence-corrected chi connectivity index (χ3v) is 4.71. The molecule has 1 aromatic carbocycles. The Hall–Kier alpha value is -3.62. The predicted octanol–water partition coefficient (Wildman–Crippen LogP) is 2.75. The molecular formula is C20H21N5O4. The topological polar surface area (TPSA) is 104 Å². The smallest absolute Gasteiger partial charge is 0.258 e. The highest BCUT2D eigenvalue weighted by atomic mass is 16.5. The van der Waals surface area contributed by atoms with E-state index >= 15 is 0 Å². The average molecular weight is 395 g/mol. The molecule has 29 heavy (non-hydrogen) atoms. The molecule has 9 nitrogen and oxygen atoms in total. The van der Waals surface area contributed by atoms with Crippen molar-refractivity contribution in [3.63, 3.8) is 0 Å². The van der Waals surface area contributed by atoms with Crippen LogP contribution < -0.4 is 14.8 Å². The Balaban J connectivity index is 1.49. The van der Waals surface area contributed by atoms with Crippen LogP contribution >= 0.6 is 0 Å². The van der Waals surface area contributed by atoms with Gasteiger partial charge in [-0.05, 0) is 32.9 Å². The van der Waals surface area contributed by atoms with E-state index in [0.717, 1.165) is 16.7 Å². The Labute approximate surface area is 166 Å². The number of aryl methyl sites for hydroxylation is 2. The number of methoxy groups -OCH3 is 1. The van der Waals surface area contributed by atoms with Crippen LogP contribution in [-0.4, -0.2) is 39.2 Å². The fourth-order valence-electron chi connectivity index (χ4n) is 3.07. The molecule has 0 spiro atoms. The molecule has 0 radical (unpaired) electrons. The van der Waals surface area contributed by atoms with Crippen LogP contribution in [0.1, 0.15) is 30.1 Å². The monoisotopic (exact) mass is 395 g/mol. The number of carbonyl (C=O) groups is 1. The maximum atomic E-state index is 12.3. The number of carbonyl (C=O) groups excluding carboxylic acids is 1. The van der Waals surface area contributed by atoms with Crippen molar-refractivity contribution in [3.05, 3.63) is 47.7 Å². The van der Waals surface area contributed by atoms with Crippen LogP contribution in [0.2, 0.25) is 0 Å². The largest absolute Gasteiger partial charge is 0.493 e. The minimum Gasteiger partial charge on any atom is -0.493 e. The van der Waals surface area contributed by atoms with Gasteiger partial charge in [0, 0.05) is 5.56 Å². The molecule has 0 aliphatic carbocycles. The summed E-state index contributed by atoms with van der Waals surface area (Å²) in [5, 5.41) is 8.10. The van der Waals surface area contributed by atoms with Crippen LogP contribution in [0.5, 0.6) is 11.5 Å². The lowest BCUT2D eigenvalue weighted by molar-refractivity contribution is -0.123. The van der Waals surface area contributed by atoms with Crippen molar-refractivity contribution in [2.75, 3.05) is 13.7 Å². The van der Waals surface area contributed by atoms with E-state index in [4.69, 9.17) is 13.9 Å². The van der Waals surface area contributed by atoms with Gasteiger partial charge in [0.2, 0.25) is 5.71 Å². The minimum atomic E-state index is -0.410. The van der Waals surface area contributed by atoms with Crippen molar-refractivity contribution < 1.29 is 18.7 Å². The molecule has 1 amide bonds. The van der Waals surface area contributed by atoms with E-state index in [2.05, 4.69) is 20.4 Å². The fourth-order valence-corrected chi connectivity index (χ4v) is 3.07. The second kappa shape index (κ2) is 7.42. The van der Waals surface area contributed by atoms with Gasteiger partial charge in [-0.3, -0.25) is 4.79 Å². The summed E-state index contributed by atoms with van der Waals surface area (Å²) in [4.78, 5) is 21.2. The quantitative estimate of drug-likeness (QED) is 0.535. The van der Waals surface area contributed by atoms with Crippen LogP contribution in [0, 0.1) is 13.8 Å². The summed E-state index contributed by atoms with van der Waals surface area (Å²) >= 11 is 0. The van der Waals surface area contributed by atoms with E-state index in [1.165, 1.54) is 0 Å². The number of nitrogens with one attached hydrogen (secondary N) is 1. The van der Waals surface area contributed by atoms with E-state index in [0.29, 0.717) is 28.7 Å². The van der Waals surface area contributed by atoms with E-state index in [1.807, 2.05) is 32.9 Å². The highest BCUT2D eigenvalue weighted by Crippen LogP contribution is 2.27. The maximum Gasteiger partial charge on any atom is 0.258 e. The molecule has 3 heterocycles. The first kappa shape index (κ1) is 18.7. The fraction of sp³-hybridized carbons (Fsp3) is 0.300. The number of aromatic nitrogens is 4. The number of hydrogen-bond acceptors (Lipinski definition) is 7. The first-order chi connectivity index (χ1) is 14.0. The number of nitrogens with zero attached hydrogens (tertiary/aromatic N) is 4. The Kier molecular flexibility index (Phi) is 4.79. The maximum absolute atomic E-state index is 12.3. The summed E-state index contributed by atoms with van der Waals surface area (Å²) < 4.78 is 18.0. The van der Waals surface area contributed by atoms with Gasteiger partial charge in [0.15, 0.2) is 29.6 Å². The molecule has 3 aromatic heterocycles. The standard InChI is InChI=1S/C20H21N5O4/c1-11-13(3)29-20-17(11)19-23-18(24-25(19)10-21-20)12(2)22-16(26)9-28-15-8-6-5-7-14(15)27-4/h5-8,10,12H,9H2,1-4H3,(H,22,26)/t12-/m0/s1. The number of furan rings is 1. The molecule has 0 aliphatic heterocycles. The van der Waals surface area contributed by atoms with Crippen molar-refractivity contribution in [1.29, 1.82) is 0 Å². The first-order valence-electron chi connectivity index (χ1n) is 9.14. The van der Waals surface area contributed by atoms with Crippen molar-refractivity contribution in [3.8, 4) is 11.5 Å². The predicted molar refractivity (Wildman–Crippen MR) is 105 cm³/mol. The third kappa shape index (κ3) is 3.46. The van der Waals surface area contributed by atoms with Gasteiger partial charge in [0.1, 0.15) is 12.1 Å². The molecule has 0 aliphatic rings. The van der Waals surface area contributed by atoms with Crippen LogP contribution in [0.3, 0.4) is 0 Å². The van der Waals surface area contributed by atoms with Crippen LogP contribution in [-0.2, 0) is 4.79 Å². The van der Waals surface area contributed by atoms with Gasteiger partial charge < -0.3 is 19.2 Å². The van der Waals surface area contributed by atoms with Crippen molar-refractivity contribution in [2.45, 2.75) is 26.8 Å². The molecule has 4 aromatic rings. The molecule has 150 valence electrons. The Bertz CT molecular complexity index is 1200. The first-order valence-corrected chi connectivity index (χ1v) is 9.14. The highest BCUT2D eigenvalue weighted by molar-refractivity contribution is 5.91. The summed E-state index contributed by atoms with van der Waals surface area (Å²) in [5.41, 5.74) is 2.14. The number of fused-ring (bicyclic) bond motifs is 3. The summed E-state index contributed by atoms with van der Waals surface area (Å²) in [6.45, 7) is 5.50. The second-order valence-electron chi connectivity index (χ2n) is 6.67. The molecule has 0 saturated heterocycles. The molecule has 0 unspecified atom stereocenters. The number of para-hydroxylation sites is 2. The van der Waals surface area contributed by atoms with E-state index in [9.17, 15) is 4.79 Å². The van der Waals surface area contributed by atoms with Gasteiger partial charge in [-0.1, -0.05) is 12.1 Å². The molecular weight excluding hydrogens is 374 g/mol. The van der Waals surface area contributed by atoms with Gasteiger partial charge in [-0.2, -0.15) is 0 Å². The van der Waals surface area contributed by atoms with Crippen LogP contribution in [0.4, 0.5) is 0 Å². The van der Waals surface area contributed by atoms with Crippen LogP contribution in [0.15, 0.2) is 35.0 Å². The molecule has 0 bridgehead atoms. The van der Waals surface area contributed by atoms with Gasteiger partial charge in [-0.25, -0.2) is 14.5 Å². The number of benzene rings is 1. The number of rotatable bonds is 6. The average Bonchev–Trinajstić information content (AvgIpc) is 3.27. The summed E-state index contributed by atoms with van der Waals surface area (Å²) in [5.74, 6) is 2.05. The van der Waals surface area contributed by atoms with Gasteiger partial charge >= 0.3 is 0 Å². The Morgan fingerprint density at radius 1 is 1.28 bits per heavy atom. The van der Waals surface area contributed by atoms with Crippen molar-refractivity contribution in [1.82, 2.24) is 24.9 Å². The van der Waals surface area contributed by atoms with Crippen molar-refractivity contribution >= 4 is 22.7 Å². The lowest BCUT2D eigenvalue weighted by Gasteiger charge is -2.12. The summed E-state index contributed by atoms with van der Waals surface area (Å²) in [6, 6.07) is 6.75. The minimum absolute atomic E-state index is 0.149. The van der Waals surface area contributed by atoms with Gasteiger partial charge in [0.05, 0.1) is 18.5 Å². The summed E-state index contributed by atoms with van der Waals surface area (Å²) in [7, 11) is 1.55. The Morgan fingerprint density at radius 3 is 2.79 bits per heavy atom. The lowest BCUT2D eigenvalue weighted by Crippen LogP contribution is -2.31. The molecule has 9 heteroatoms. The van der Waals surface area contributed by atoms with E-state index in [1.54, 1.807) is 30.1 Å². The number of hydrogen-bond donors (Lipinski definition) is 1. The molecule has 4 rings (SSSR count). The van der Waals surface area contributed by atoms with Gasteiger partial charge in [-0.15, -0.1) is 5.10 Å². The second-order valence-corrected chi connectivity index (χ2v) is 6.67. The number of ether oxygens (including phenoxy) is 2. The lowest BCUT2D eigenvalue weighted by atomic mass is 10.2. The van der Waals surface area contributed by atoms with Crippen molar-refractivity contribution in [2.24, 2.45) is 0 Å². The molecule has 1 atom stereocenters. The summed E-state index contributed by atoms with van der Waals surface area (Å²) in [6.07, 6.45) is 1.55. The highest BCUT2D eigenvalue weighted by Gasteiger charge is 2.19.